The Morgan fingerprint density at radius 2 is 1.97 bits per heavy atom. The maximum absolute atomic E-state index is 11.3. The number of aliphatic hydroxyl groups is 1. The molecule has 2 aromatic rings. The van der Waals surface area contributed by atoms with Crippen LogP contribution in [0.4, 0.5) is 0 Å². The quantitative estimate of drug-likeness (QED) is 0.467. The fraction of sp³-hybridized carbons (Fsp3) is 0.414. The van der Waals surface area contributed by atoms with Crippen molar-refractivity contribution in [2.45, 2.75) is 44.9 Å². The average Bonchev–Trinajstić information content (AvgIpc) is 3.30. The molecule has 180 valence electrons. The molecule has 1 aliphatic carbocycles. The van der Waals surface area contributed by atoms with Gasteiger partial charge in [-0.25, -0.2) is 0 Å². The zero-order chi connectivity index (χ0) is 23.6. The number of allylic oxidation sites excluding steroid dienone is 1. The molecular formula is C29H35NO4. The highest BCUT2D eigenvalue weighted by Crippen LogP contribution is 2.29. The van der Waals surface area contributed by atoms with Gasteiger partial charge in [0.25, 0.3) is 0 Å². The first-order valence-electron chi connectivity index (χ1n) is 12.3. The first kappa shape index (κ1) is 24.6. The summed E-state index contributed by atoms with van der Waals surface area (Å²) in [5.74, 6) is -0.292. The van der Waals surface area contributed by atoms with Gasteiger partial charge in [-0.2, -0.15) is 0 Å². The van der Waals surface area contributed by atoms with Crippen molar-refractivity contribution in [3.63, 3.8) is 0 Å². The molecule has 1 unspecified atom stereocenters. The Kier molecular flexibility index (Phi) is 9.22. The third-order valence-corrected chi connectivity index (χ3v) is 6.48. The highest BCUT2D eigenvalue weighted by molar-refractivity contribution is 5.94. The minimum absolute atomic E-state index is 0.0623. The van der Waals surface area contributed by atoms with Gasteiger partial charge in [0, 0.05) is 26.2 Å². The summed E-state index contributed by atoms with van der Waals surface area (Å²) in [5.41, 5.74) is 6.42. The molecule has 1 saturated heterocycles. The average molecular weight is 462 g/mol. The molecule has 0 spiro atoms. The summed E-state index contributed by atoms with van der Waals surface area (Å²) in [4.78, 5) is 13.8. The van der Waals surface area contributed by atoms with Crippen LogP contribution in [0.2, 0.25) is 0 Å². The summed E-state index contributed by atoms with van der Waals surface area (Å²) < 4.78 is 11.7. The number of benzene rings is 2. The van der Waals surface area contributed by atoms with E-state index in [1.165, 1.54) is 34.8 Å². The number of fused-ring (bicyclic) bond motifs is 1. The van der Waals surface area contributed by atoms with Crippen molar-refractivity contribution in [1.82, 2.24) is 4.90 Å². The Morgan fingerprint density at radius 1 is 1.12 bits per heavy atom. The van der Waals surface area contributed by atoms with E-state index >= 15 is 0 Å². The molecule has 2 aliphatic rings. The Hall–Kier alpha value is -2.57. The van der Waals surface area contributed by atoms with Crippen molar-refractivity contribution in [2.24, 2.45) is 0 Å². The summed E-state index contributed by atoms with van der Waals surface area (Å²) >= 11 is 0. The van der Waals surface area contributed by atoms with E-state index in [4.69, 9.17) is 14.6 Å². The summed E-state index contributed by atoms with van der Waals surface area (Å²) in [6.45, 7) is 3.64. The second-order valence-corrected chi connectivity index (χ2v) is 8.98. The van der Waals surface area contributed by atoms with Crippen LogP contribution in [0.15, 0.2) is 60.7 Å². The molecule has 5 heteroatoms. The predicted molar refractivity (Wildman–Crippen MR) is 135 cm³/mol. The molecule has 34 heavy (non-hydrogen) atoms. The van der Waals surface area contributed by atoms with Crippen LogP contribution in [0.3, 0.4) is 0 Å². The largest absolute Gasteiger partial charge is 0.388 e. The van der Waals surface area contributed by atoms with E-state index in [1.807, 2.05) is 12.1 Å². The van der Waals surface area contributed by atoms with E-state index < -0.39 is 6.61 Å². The Balaban J connectivity index is 1.35. The van der Waals surface area contributed by atoms with Crippen molar-refractivity contribution in [3.8, 4) is 0 Å². The summed E-state index contributed by atoms with van der Waals surface area (Å²) in [5, 5.41) is 8.87. The number of aliphatic hydroxyl groups excluding tert-OH is 1. The van der Waals surface area contributed by atoms with Crippen molar-refractivity contribution in [3.05, 3.63) is 82.9 Å². The number of hydrogen-bond donors (Lipinski definition) is 1. The van der Waals surface area contributed by atoms with Gasteiger partial charge < -0.3 is 14.6 Å². The first-order valence-corrected chi connectivity index (χ1v) is 12.3. The molecule has 0 saturated carbocycles. The topological polar surface area (TPSA) is 59.0 Å². The standard InChI is InChI=1S/C29H35NO4/c31-22-27(32)15-12-23-8-10-24(11-9-23)21-30(18-20-34-29-7-3-4-19-33-29)17-16-26-14-13-25-5-1-2-6-28(25)26/h1-2,5-6,8-12,14-15,29,31H,3-4,7,13,16-22H2/b15-12+. The van der Waals surface area contributed by atoms with Crippen molar-refractivity contribution >= 4 is 17.4 Å². The van der Waals surface area contributed by atoms with Crippen molar-refractivity contribution in [2.75, 3.05) is 32.9 Å². The van der Waals surface area contributed by atoms with Gasteiger partial charge in [-0.3, -0.25) is 9.69 Å². The molecular weight excluding hydrogens is 426 g/mol. The van der Waals surface area contributed by atoms with Gasteiger partial charge in [-0.05, 0) is 66.0 Å². The number of carbonyl (C=O) groups is 1. The third kappa shape index (κ3) is 7.21. The normalized spacial score (nSPS) is 17.8. The molecule has 0 amide bonds. The number of hydrogen-bond acceptors (Lipinski definition) is 5. The molecule has 0 aromatic heterocycles. The minimum atomic E-state index is -0.460. The van der Waals surface area contributed by atoms with E-state index in [0.29, 0.717) is 6.61 Å². The number of carbonyl (C=O) groups excluding carboxylic acids is 1. The lowest BCUT2D eigenvalue weighted by Crippen LogP contribution is -2.31. The van der Waals surface area contributed by atoms with Crippen LogP contribution >= 0.6 is 0 Å². The second-order valence-electron chi connectivity index (χ2n) is 8.98. The highest BCUT2D eigenvalue weighted by atomic mass is 16.7. The maximum atomic E-state index is 11.3. The summed E-state index contributed by atoms with van der Waals surface area (Å²) in [6, 6.07) is 16.9. The lowest BCUT2D eigenvalue weighted by atomic mass is 10.0. The van der Waals surface area contributed by atoms with Crippen LogP contribution in [-0.4, -0.2) is 55.0 Å². The van der Waals surface area contributed by atoms with Gasteiger partial charge in [-0.1, -0.05) is 60.7 Å². The molecule has 1 fully saturated rings. The summed E-state index contributed by atoms with van der Waals surface area (Å²) in [7, 11) is 0. The van der Waals surface area contributed by atoms with Gasteiger partial charge in [0.05, 0.1) is 6.61 Å². The highest BCUT2D eigenvalue weighted by Gasteiger charge is 2.17. The molecule has 0 radical (unpaired) electrons. The van der Waals surface area contributed by atoms with Gasteiger partial charge in [-0.15, -0.1) is 0 Å². The van der Waals surface area contributed by atoms with Crippen LogP contribution in [0.5, 0.6) is 0 Å². The van der Waals surface area contributed by atoms with Crippen LogP contribution in [0.25, 0.3) is 11.6 Å². The molecule has 1 N–H and O–H groups in total. The van der Waals surface area contributed by atoms with Crippen LogP contribution < -0.4 is 0 Å². The lowest BCUT2D eigenvalue weighted by Gasteiger charge is -2.26. The molecule has 2 aromatic carbocycles. The lowest BCUT2D eigenvalue weighted by molar-refractivity contribution is -0.164. The van der Waals surface area contributed by atoms with Gasteiger partial charge in [0.15, 0.2) is 12.1 Å². The van der Waals surface area contributed by atoms with Gasteiger partial charge in [0.2, 0.25) is 0 Å². The van der Waals surface area contributed by atoms with Crippen molar-refractivity contribution < 1.29 is 19.4 Å². The number of ether oxygens (including phenoxy) is 2. The third-order valence-electron chi connectivity index (χ3n) is 6.48. The molecule has 1 heterocycles. The molecule has 5 nitrogen and oxygen atoms in total. The molecule has 1 atom stereocenters. The van der Waals surface area contributed by atoms with Gasteiger partial charge in [0.1, 0.15) is 6.61 Å². The van der Waals surface area contributed by atoms with E-state index in [-0.39, 0.29) is 12.1 Å². The number of nitrogens with zero attached hydrogens (tertiary/aromatic N) is 1. The Bertz CT molecular complexity index is 989. The summed E-state index contributed by atoms with van der Waals surface area (Å²) in [6.07, 6.45) is 10.8. The maximum Gasteiger partial charge on any atom is 0.181 e. The minimum Gasteiger partial charge on any atom is -0.388 e. The first-order chi connectivity index (χ1) is 16.7. The van der Waals surface area contributed by atoms with E-state index in [9.17, 15) is 4.79 Å². The van der Waals surface area contributed by atoms with Crippen molar-refractivity contribution in [1.29, 1.82) is 0 Å². The Morgan fingerprint density at radius 3 is 2.76 bits per heavy atom. The van der Waals surface area contributed by atoms with Crippen LogP contribution in [0, 0.1) is 0 Å². The zero-order valence-corrected chi connectivity index (χ0v) is 19.8. The second kappa shape index (κ2) is 12.8. The number of ketones is 1. The Labute approximate surface area is 202 Å². The van der Waals surface area contributed by atoms with E-state index in [0.717, 1.165) is 57.5 Å². The molecule has 1 aliphatic heterocycles. The zero-order valence-electron chi connectivity index (χ0n) is 19.8. The van der Waals surface area contributed by atoms with E-state index in [1.54, 1.807) is 6.08 Å². The SMILES string of the molecule is O=C(/C=C/c1ccc(CN(CCOC2CCCCO2)CCC2=CCc3ccccc32)cc1)CO. The molecule has 0 bridgehead atoms. The number of rotatable bonds is 12. The monoisotopic (exact) mass is 461 g/mol. The van der Waals surface area contributed by atoms with Crippen LogP contribution in [0.1, 0.15) is 47.9 Å². The van der Waals surface area contributed by atoms with E-state index in [2.05, 4.69) is 47.4 Å². The van der Waals surface area contributed by atoms with Crippen LogP contribution in [-0.2, 0) is 27.2 Å². The fourth-order valence-corrected chi connectivity index (χ4v) is 4.53. The predicted octanol–water partition coefficient (Wildman–Crippen LogP) is 4.64. The molecule has 4 rings (SSSR count). The van der Waals surface area contributed by atoms with Gasteiger partial charge >= 0.3 is 0 Å². The fourth-order valence-electron chi connectivity index (χ4n) is 4.53. The smallest absolute Gasteiger partial charge is 0.181 e.